The number of rotatable bonds is 7. The Labute approximate surface area is 179 Å². The van der Waals surface area contributed by atoms with E-state index in [0.717, 1.165) is 19.3 Å². The molecule has 30 heavy (non-hydrogen) atoms. The number of hydrogen-bond donors (Lipinski definition) is 1. The molecule has 0 aliphatic carbocycles. The minimum Gasteiger partial charge on any atom is -0.349 e. The van der Waals surface area contributed by atoms with Crippen molar-refractivity contribution in [2.45, 2.75) is 56.4 Å². The lowest BCUT2D eigenvalue weighted by Crippen LogP contribution is -2.47. The first kappa shape index (κ1) is 23.2. The number of hydrogen-bond acceptors (Lipinski definition) is 5. The fourth-order valence-corrected chi connectivity index (χ4v) is 7.09. The molecule has 0 unspecified atom stereocenters. The molecule has 2 saturated heterocycles. The lowest BCUT2D eigenvalue weighted by molar-refractivity contribution is 0.0923. The summed E-state index contributed by atoms with van der Waals surface area (Å²) in [6.45, 7) is 3.63. The van der Waals surface area contributed by atoms with Gasteiger partial charge >= 0.3 is 0 Å². The standard InChI is InChI=1S/C20H31N3O5S2/c1-2-15-29(25,26)22-13-9-18(10-14-22)21-20(24)17-7-6-8-19(16-17)30(27,28)23-11-4-3-5-12-23/h6-8,16,18H,2-5,9-15H2,1H3,(H,21,24). The van der Waals surface area contributed by atoms with Crippen LogP contribution in [0.25, 0.3) is 0 Å². The van der Waals surface area contributed by atoms with Gasteiger partial charge in [0.25, 0.3) is 5.91 Å². The lowest BCUT2D eigenvalue weighted by Gasteiger charge is -2.31. The van der Waals surface area contributed by atoms with Crippen LogP contribution >= 0.6 is 0 Å². The molecule has 2 fully saturated rings. The van der Waals surface area contributed by atoms with Crippen LogP contribution < -0.4 is 5.32 Å². The smallest absolute Gasteiger partial charge is 0.251 e. The summed E-state index contributed by atoms with van der Waals surface area (Å²) in [5.74, 6) is -0.192. The maximum absolute atomic E-state index is 12.9. The average Bonchev–Trinajstić information content (AvgIpc) is 2.75. The van der Waals surface area contributed by atoms with Gasteiger partial charge < -0.3 is 5.32 Å². The molecule has 2 aliphatic heterocycles. The van der Waals surface area contributed by atoms with Gasteiger partial charge in [-0.3, -0.25) is 4.79 Å². The molecule has 168 valence electrons. The molecule has 0 spiro atoms. The van der Waals surface area contributed by atoms with Gasteiger partial charge in [-0.25, -0.2) is 21.1 Å². The highest BCUT2D eigenvalue weighted by molar-refractivity contribution is 7.89. The van der Waals surface area contributed by atoms with Crippen LogP contribution in [0.5, 0.6) is 0 Å². The van der Waals surface area contributed by atoms with Crippen molar-refractivity contribution in [3.63, 3.8) is 0 Å². The highest BCUT2D eigenvalue weighted by atomic mass is 32.2. The van der Waals surface area contributed by atoms with E-state index in [-0.39, 0.29) is 22.6 Å². The number of nitrogens with one attached hydrogen (secondary N) is 1. The van der Waals surface area contributed by atoms with Crippen LogP contribution in [0.15, 0.2) is 29.2 Å². The van der Waals surface area contributed by atoms with E-state index in [1.165, 1.54) is 20.7 Å². The van der Waals surface area contributed by atoms with Gasteiger partial charge in [0.2, 0.25) is 20.0 Å². The molecule has 1 aromatic carbocycles. The van der Waals surface area contributed by atoms with Crippen molar-refractivity contribution in [1.29, 1.82) is 0 Å². The molecular weight excluding hydrogens is 426 g/mol. The summed E-state index contributed by atoms with van der Waals surface area (Å²) in [6, 6.07) is 6.02. The first-order valence-corrected chi connectivity index (χ1v) is 13.7. The van der Waals surface area contributed by atoms with Gasteiger partial charge in [-0.05, 0) is 50.3 Å². The molecule has 1 N–H and O–H groups in total. The zero-order valence-corrected chi connectivity index (χ0v) is 19.1. The molecule has 2 heterocycles. The van der Waals surface area contributed by atoms with Crippen molar-refractivity contribution < 1.29 is 21.6 Å². The van der Waals surface area contributed by atoms with Crippen molar-refractivity contribution in [3.05, 3.63) is 29.8 Å². The van der Waals surface area contributed by atoms with Gasteiger partial charge in [0.05, 0.1) is 10.6 Å². The van der Waals surface area contributed by atoms with E-state index in [1.54, 1.807) is 12.1 Å². The zero-order valence-electron chi connectivity index (χ0n) is 17.4. The molecule has 1 amide bonds. The van der Waals surface area contributed by atoms with Crippen LogP contribution in [0.2, 0.25) is 0 Å². The molecule has 0 atom stereocenters. The quantitative estimate of drug-likeness (QED) is 0.672. The Bertz CT molecular complexity index is 948. The maximum Gasteiger partial charge on any atom is 0.251 e. The molecule has 3 rings (SSSR count). The lowest BCUT2D eigenvalue weighted by atomic mass is 10.1. The van der Waals surface area contributed by atoms with Crippen molar-refractivity contribution in [1.82, 2.24) is 13.9 Å². The van der Waals surface area contributed by atoms with E-state index in [2.05, 4.69) is 5.32 Å². The fraction of sp³-hybridized carbons (Fsp3) is 0.650. The third-order valence-electron chi connectivity index (χ3n) is 5.69. The Balaban J connectivity index is 1.62. The molecule has 0 bridgehead atoms. The monoisotopic (exact) mass is 457 g/mol. The van der Waals surface area contributed by atoms with Crippen LogP contribution in [0.3, 0.4) is 0 Å². The van der Waals surface area contributed by atoms with Crippen molar-refractivity contribution in [2.75, 3.05) is 31.9 Å². The van der Waals surface area contributed by atoms with Gasteiger partial charge in [-0.15, -0.1) is 0 Å². The van der Waals surface area contributed by atoms with E-state index in [0.29, 0.717) is 51.0 Å². The minimum absolute atomic E-state index is 0.132. The van der Waals surface area contributed by atoms with Crippen LogP contribution in [-0.4, -0.2) is 69.3 Å². The molecule has 2 aliphatic rings. The number of benzene rings is 1. The summed E-state index contributed by atoms with van der Waals surface area (Å²) >= 11 is 0. The van der Waals surface area contributed by atoms with E-state index in [1.807, 2.05) is 6.92 Å². The third kappa shape index (κ3) is 5.40. The van der Waals surface area contributed by atoms with Gasteiger partial charge in [0.15, 0.2) is 0 Å². The second-order valence-electron chi connectivity index (χ2n) is 7.96. The van der Waals surface area contributed by atoms with Crippen molar-refractivity contribution in [2.24, 2.45) is 0 Å². The highest BCUT2D eigenvalue weighted by Gasteiger charge is 2.29. The second kappa shape index (κ2) is 9.76. The summed E-state index contributed by atoms with van der Waals surface area (Å²) in [5, 5.41) is 2.93. The first-order valence-electron chi connectivity index (χ1n) is 10.6. The largest absolute Gasteiger partial charge is 0.349 e. The van der Waals surface area contributed by atoms with E-state index in [4.69, 9.17) is 0 Å². The number of carbonyl (C=O) groups excluding carboxylic acids is 1. The molecule has 10 heteroatoms. The van der Waals surface area contributed by atoms with E-state index >= 15 is 0 Å². The Hall–Kier alpha value is -1.49. The molecule has 8 nitrogen and oxygen atoms in total. The van der Waals surface area contributed by atoms with Crippen LogP contribution in [0.4, 0.5) is 0 Å². The van der Waals surface area contributed by atoms with Gasteiger partial charge in [0.1, 0.15) is 0 Å². The summed E-state index contributed by atoms with van der Waals surface area (Å²) in [7, 11) is -6.82. The minimum atomic E-state index is -3.60. The predicted molar refractivity (Wildman–Crippen MR) is 115 cm³/mol. The van der Waals surface area contributed by atoms with Gasteiger partial charge in [-0.1, -0.05) is 19.4 Å². The van der Waals surface area contributed by atoms with Crippen molar-refractivity contribution in [3.8, 4) is 0 Å². The number of nitrogens with zero attached hydrogens (tertiary/aromatic N) is 2. The molecule has 1 aromatic rings. The Morgan fingerprint density at radius 3 is 2.30 bits per heavy atom. The molecule has 0 saturated carbocycles. The summed E-state index contributed by atoms with van der Waals surface area (Å²) in [6.07, 6.45) is 4.40. The zero-order chi connectivity index (χ0) is 21.8. The van der Waals surface area contributed by atoms with E-state index in [9.17, 15) is 21.6 Å². The number of amides is 1. The van der Waals surface area contributed by atoms with Gasteiger partial charge in [0, 0.05) is 37.8 Å². The van der Waals surface area contributed by atoms with E-state index < -0.39 is 20.0 Å². The summed E-state index contributed by atoms with van der Waals surface area (Å²) < 4.78 is 53.1. The van der Waals surface area contributed by atoms with Gasteiger partial charge in [-0.2, -0.15) is 4.31 Å². The topological polar surface area (TPSA) is 104 Å². The third-order valence-corrected chi connectivity index (χ3v) is 9.66. The highest BCUT2D eigenvalue weighted by Crippen LogP contribution is 2.22. The number of sulfonamides is 2. The van der Waals surface area contributed by atoms with Crippen LogP contribution in [0.1, 0.15) is 55.8 Å². The number of piperidine rings is 2. The average molecular weight is 458 g/mol. The van der Waals surface area contributed by atoms with Crippen LogP contribution in [0, 0.1) is 0 Å². The van der Waals surface area contributed by atoms with Crippen molar-refractivity contribution >= 4 is 26.0 Å². The summed E-state index contributed by atoms with van der Waals surface area (Å²) in [4.78, 5) is 12.8. The normalized spacial score (nSPS) is 20.2. The second-order valence-corrected chi connectivity index (χ2v) is 12.0. The Morgan fingerprint density at radius 2 is 1.67 bits per heavy atom. The Morgan fingerprint density at radius 1 is 1.00 bits per heavy atom. The fourth-order valence-electron chi connectivity index (χ4n) is 3.99. The van der Waals surface area contributed by atoms with Crippen LogP contribution in [-0.2, 0) is 20.0 Å². The maximum atomic E-state index is 12.9. The molecule has 0 radical (unpaired) electrons. The molecular formula is C20H31N3O5S2. The first-order chi connectivity index (χ1) is 14.2. The summed E-state index contributed by atoms with van der Waals surface area (Å²) in [5.41, 5.74) is 0.300. The Kier molecular flexibility index (Phi) is 7.54. The molecule has 0 aromatic heterocycles. The SMILES string of the molecule is CCCS(=O)(=O)N1CCC(NC(=O)c2cccc(S(=O)(=O)N3CCCCC3)c2)CC1. The number of carbonyl (C=O) groups is 1. The predicted octanol–water partition coefficient (Wildman–Crippen LogP) is 1.80.